The number of benzene rings is 1. The minimum atomic E-state index is -0.335. The van der Waals surface area contributed by atoms with Gasteiger partial charge in [-0.05, 0) is 43.2 Å². The second-order valence-corrected chi connectivity index (χ2v) is 4.74. The maximum atomic E-state index is 11.7. The van der Waals surface area contributed by atoms with Crippen LogP contribution in [0.15, 0.2) is 24.3 Å². The zero-order chi connectivity index (χ0) is 13.8. The number of ether oxygens (including phenoxy) is 1. The van der Waals surface area contributed by atoms with Gasteiger partial charge in [0.05, 0.1) is 17.7 Å². The molecule has 0 saturated heterocycles. The van der Waals surface area contributed by atoms with E-state index in [9.17, 15) is 4.79 Å². The molecule has 0 fully saturated rings. The number of carbonyl (C=O) groups excluding carboxylic acids is 1. The van der Waals surface area contributed by atoms with Crippen LogP contribution < -0.4 is 0 Å². The van der Waals surface area contributed by atoms with Gasteiger partial charge in [0.2, 0.25) is 0 Å². The number of fused-ring (bicyclic) bond motifs is 1. The normalized spacial score (nSPS) is 10.7. The zero-order valence-corrected chi connectivity index (χ0v) is 12.0. The van der Waals surface area contributed by atoms with E-state index in [4.69, 9.17) is 27.9 Å². The number of aryl methyl sites for hydroxylation is 1. The summed E-state index contributed by atoms with van der Waals surface area (Å²) in [4.78, 5) is 16.0. The molecule has 0 N–H and O–H groups in total. The number of pyridine rings is 1. The SMILES string of the molecule is CCOC(=O)c1ccc2nc(Cl)c(CCCl)cc2c1. The molecule has 0 amide bonds. The number of carbonyl (C=O) groups is 1. The summed E-state index contributed by atoms with van der Waals surface area (Å²) in [5.41, 5.74) is 2.14. The topological polar surface area (TPSA) is 39.2 Å². The number of halogens is 2. The van der Waals surface area contributed by atoms with Crippen molar-refractivity contribution in [2.75, 3.05) is 12.5 Å². The molecule has 0 aliphatic heterocycles. The van der Waals surface area contributed by atoms with E-state index < -0.39 is 0 Å². The van der Waals surface area contributed by atoms with Crippen LogP contribution in [0.25, 0.3) is 10.9 Å². The third-order valence-corrected chi connectivity index (χ3v) is 3.23. The summed E-state index contributed by atoms with van der Waals surface area (Å²) in [6.07, 6.45) is 0.646. The lowest BCUT2D eigenvalue weighted by molar-refractivity contribution is 0.0526. The first-order valence-electron chi connectivity index (χ1n) is 5.98. The first-order chi connectivity index (χ1) is 9.15. The van der Waals surface area contributed by atoms with E-state index in [1.54, 1.807) is 25.1 Å². The lowest BCUT2D eigenvalue weighted by Crippen LogP contribution is -2.04. The van der Waals surface area contributed by atoms with Crippen LogP contribution in [-0.2, 0) is 11.2 Å². The van der Waals surface area contributed by atoms with Crippen molar-refractivity contribution in [2.45, 2.75) is 13.3 Å². The van der Waals surface area contributed by atoms with Crippen molar-refractivity contribution in [3.63, 3.8) is 0 Å². The van der Waals surface area contributed by atoms with Gasteiger partial charge in [-0.15, -0.1) is 11.6 Å². The molecule has 0 radical (unpaired) electrons. The molecule has 0 bridgehead atoms. The first-order valence-corrected chi connectivity index (χ1v) is 6.89. The largest absolute Gasteiger partial charge is 0.462 e. The number of nitrogens with zero attached hydrogens (tertiary/aromatic N) is 1. The molecule has 1 aromatic heterocycles. The van der Waals surface area contributed by atoms with Gasteiger partial charge in [0.15, 0.2) is 0 Å². The van der Waals surface area contributed by atoms with Crippen molar-refractivity contribution < 1.29 is 9.53 Å². The van der Waals surface area contributed by atoms with E-state index in [-0.39, 0.29) is 5.97 Å². The number of hydrogen-bond donors (Lipinski definition) is 0. The highest BCUT2D eigenvalue weighted by Gasteiger charge is 2.09. The van der Waals surface area contributed by atoms with Crippen molar-refractivity contribution >= 4 is 40.1 Å². The summed E-state index contributed by atoms with van der Waals surface area (Å²) in [6, 6.07) is 7.12. The van der Waals surface area contributed by atoms with Gasteiger partial charge in [0.25, 0.3) is 0 Å². The number of alkyl halides is 1. The average molecular weight is 298 g/mol. The third kappa shape index (κ3) is 3.17. The summed E-state index contributed by atoms with van der Waals surface area (Å²) in [5.74, 6) is 0.142. The van der Waals surface area contributed by atoms with Gasteiger partial charge in [-0.1, -0.05) is 11.6 Å². The van der Waals surface area contributed by atoms with E-state index in [2.05, 4.69) is 4.98 Å². The minimum Gasteiger partial charge on any atom is -0.462 e. The Morgan fingerprint density at radius 1 is 1.37 bits per heavy atom. The van der Waals surface area contributed by atoms with Crippen LogP contribution in [-0.4, -0.2) is 23.4 Å². The lowest BCUT2D eigenvalue weighted by Gasteiger charge is -2.06. The lowest BCUT2D eigenvalue weighted by atomic mass is 10.1. The van der Waals surface area contributed by atoms with Gasteiger partial charge >= 0.3 is 5.97 Å². The molecular weight excluding hydrogens is 285 g/mol. The standard InChI is InChI=1S/C14H13Cl2NO2/c1-2-19-14(18)10-3-4-12-11(8-10)7-9(5-6-15)13(16)17-12/h3-4,7-8H,2,5-6H2,1H3. The Kier molecular flexibility index (Phi) is 4.61. The average Bonchev–Trinajstić information content (AvgIpc) is 2.39. The summed E-state index contributed by atoms with van der Waals surface area (Å²) < 4.78 is 4.97. The maximum Gasteiger partial charge on any atom is 0.338 e. The molecule has 0 aliphatic rings. The smallest absolute Gasteiger partial charge is 0.338 e. The Bertz CT molecular complexity index is 614. The molecule has 19 heavy (non-hydrogen) atoms. The van der Waals surface area contributed by atoms with Crippen LogP contribution in [0.5, 0.6) is 0 Å². The predicted molar refractivity (Wildman–Crippen MR) is 77.1 cm³/mol. The molecular formula is C14H13Cl2NO2. The molecule has 2 rings (SSSR count). The van der Waals surface area contributed by atoms with E-state index in [1.807, 2.05) is 6.07 Å². The van der Waals surface area contributed by atoms with Crippen LogP contribution in [0.1, 0.15) is 22.8 Å². The van der Waals surface area contributed by atoms with E-state index >= 15 is 0 Å². The highest BCUT2D eigenvalue weighted by atomic mass is 35.5. The van der Waals surface area contributed by atoms with Gasteiger partial charge < -0.3 is 4.74 Å². The van der Waals surface area contributed by atoms with Gasteiger partial charge in [-0.2, -0.15) is 0 Å². The molecule has 0 atom stereocenters. The Labute approximate surface area is 121 Å². The first kappa shape index (κ1) is 14.1. The van der Waals surface area contributed by atoms with Gasteiger partial charge in [0.1, 0.15) is 5.15 Å². The van der Waals surface area contributed by atoms with Crippen LogP contribution in [0.3, 0.4) is 0 Å². The second kappa shape index (κ2) is 6.22. The molecule has 0 spiro atoms. The number of esters is 1. The van der Waals surface area contributed by atoms with Crippen LogP contribution in [0, 0.1) is 0 Å². The van der Waals surface area contributed by atoms with Crippen molar-refractivity contribution in [3.05, 3.63) is 40.5 Å². The second-order valence-electron chi connectivity index (χ2n) is 4.01. The molecule has 3 nitrogen and oxygen atoms in total. The molecule has 0 aliphatic carbocycles. The minimum absolute atomic E-state index is 0.335. The van der Waals surface area contributed by atoms with Gasteiger partial charge in [-0.25, -0.2) is 9.78 Å². The quantitative estimate of drug-likeness (QED) is 0.489. The Morgan fingerprint density at radius 3 is 2.84 bits per heavy atom. The van der Waals surface area contributed by atoms with Gasteiger partial charge in [-0.3, -0.25) is 0 Å². The van der Waals surface area contributed by atoms with E-state index in [1.165, 1.54) is 0 Å². The molecule has 1 aromatic carbocycles. The Morgan fingerprint density at radius 2 is 2.16 bits per heavy atom. The Hall–Kier alpha value is -1.32. The van der Waals surface area contributed by atoms with Crippen LogP contribution in [0.4, 0.5) is 0 Å². The number of hydrogen-bond acceptors (Lipinski definition) is 3. The van der Waals surface area contributed by atoms with Crippen LogP contribution in [0.2, 0.25) is 5.15 Å². The third-order valence-electron chi connectivity index (χ3n) is 2.72. The van der Waals surface area contributed by atoms with Crippen molar-refractivity contribution in [3.8, 4) is 0 Å². The monoisotopic (exact) mass is 297 g/mol. The van der Waals surface area contributed by atoms with Crippen molar-refractivity contribution in [1.29, 1.82) is 0 Å². The summed E-state index contributed by atoms with van der Waals surface area (Å²) in [6.45, 7) is 2.13. The zero-order valence-electron chi connectivity index (χ0n) is 10.5. The molecule has 1 heterocycles. The van der Waals surface area contributed by atoms with Crippen molar-refractivity contribution in [1.82, 2.24) is 4.98 Å². The molecule has 2 aromatic rings. The highest BCUT2D eigenvalue weighted by Crippen LogP contribution is 2.22. The summed E-state index contributed by atoms with van der Waals surface area (Å²) in [7, 11) is 0. The van der Waals surface area contributed by atoms with E-state index in [0.717, 1.165) is 16.5 Å². The molecule has 5 heteroatoms. The van der Waals surface area contributed by atoms with E-state index in [0.29, 0.717) is 29.6 Å². The highest BCUT2D eigenvalue weighted by molar-refractivity contribution is 6.30. The summed E-state index contributed by atoms with van der Waals surface area (Å²) >= 11 is 11.8. The molecule has 100 valence electrons. The molecule has 0 saturated carbocycles. The van der Waals surface area contributed by atoms with Crippen molar-refractivity contribution in [2.24, 2.45) is 0 Å². The van der Waals surface area contributed by atoms with Crippen LogP contribution >= 0.6 is 23.2 Å². The fourth-order valence-electron chi connectivity index (χ4n) is 1.82. The molecule has 0 unspecified atom stereocenters. The maximum absolute atomic E-state index is 11.7. The predicted octanol–water partition coefficient (Wildman–Crippen LogP) is 3.85. The fraction of sp³-hybridized carbons (Fsp3) is 0.286. The Balaban J connectivity index is 2.46. The fourth-order valence-corrected chi connectivity index (χ4v) is 2.26. The number of rotatable bonds is 4. The number of aromatic nitrogens is 1. The van der Waals surface area contributed by atoms with Gasteiger partial charge in [0, 0.05) is 11.3 Å². The summed E-state index contributed by atoms with van der Waals surface area (Å²) in [5, 5.41) is 1.31.